The first-order valence-corrected chi connectivity index (χ1v) is 8.70. The Morgan fingerprint density at radius 1 is 0.769 bits per heavy atom. The van der Waals surface area contributed by atoms with Crippen molar-refractivity contribution in [1.82, 2.24) is 10.9 Å². The number of hydrogen-bond donors (Lipinski definition) is 2. The van der Waals surface area contributed by atoms with Crippen LogP contribution in [-0.4, -0.2) is 25.0 Å². The van der Waals surface area contributed by atoms with Crippen LogP contribution < -0.4 is 20.3 Å². The standard InChI is InChI=1S/C20H24N2O4/c1-3-5-14-26-18-12-8-16(9-13-18)20(24)22-21-19(23)15-6-10-17(11-7-15)25-4-2/h6-13H,3-5,14H2,1-2H3,(H,21,23)(H,22,24). The first kappa shape index (κ1) is 19.3. The summed E-state index contributed by atoms with van der Waals surface area (Å²) in [6.07, 6.45) is 2.05. The number of ether oxygens (including phenoxy) is 2. The maximum atomic E-state index is 12.1. The van der Waals surface area contributed by atoms with Crippen molar-refractivity contribution < 1.29 is 19.1 Å². The predicted molar refractivity (Wildman–Crippen MR) is 99.4 cm³/mol. The van der Waals surface area contributed by atoms with Gasteiger partial charge < -0.3 is 9.47 Å². The fourth-order valence-electron chi connectivity index (χ4n) is 2.16. The van der Waals surface area contributed by atoms with Crippen molar-refractivity contribution in [2.24, 2.45) is 0 Å². The van der Waals surface area contributed by atoms with E-state index >= 15 is 0 Å². The molecule has 2 N–H and O–H groups in total. The summed E-state index contributed by atoms with van der Waals surface area (Å²) in [7, 11) is 0. The van der Waals surface area contributed by atoms with E-state index in [0.717, 1.165) is 12.8 Å². The van der Waals surface area contributed by atoms with Crippen LogP contribution in [0, 0.1) is 0 Å². The third-order valence-electron chi connectivity index (χ3n) is 3.60. The fraction of sp³-hybridized carbons (Fsp3) is 0.300. The van der Waals surface area contributed by atoms with Crippen LogP contribution in [0.3, 0.4) is 0 Å². The second kappa shape index (κ2) is 10.1. The number of rotatable bonds is 8. The number of amides is 2. The Balaban J connectivity index is 1.84. The van der Waals surface area contributed by atoms with E-state index in [2.05, 4.69) is 17.8 Å². The first-order valence-electron chi connectivity index (χ1n) is 8.70. The SMILES string of the molecule is CCCCOc1ccc(C(=O)NNC(=O)c2ccc(OCC)cc2)cc1. The van der Waals surface area contributed by atoms with Gasteiger partial charge in [0.2, 0.25) is 0 Å². The summed E-state index contributed by atoms with van der Waals surface area (Å²) in [6.45, 7) is 5.20. The van der Waals surface area contributed by atoms with Crippen molar-refractivity contribution in [3.8, 4) is 11.5 Å². The molecule has 2 amide bonds. The topological polar surface area (TPSA) is 76.7 Å². The third kappa shape index (κ3) is 5.81. The molecule has 2 aromatic carbocycles. The summed E-state index contributed by atoms with van der Waals surface area (Å²) < 4.78 is 10.9. The molecule has 0 saturated heterocycles. The molecule has 26 heavy (non-hydrogen) atoms. The zero-order chi connectivity index (χ0) is 18.8. The van der Waals surface area contributed by atoms with Gasteiger partial charge in [0.25, 0.3) is 11.8 Å². The molecule has 0 aliphatic carbocycles. The molecule has 0 radical (unpaired) electrons. The summed E-state index contributed by atoms with van der Waals surface area (Å²) in [5.41, 5.74) is 5.65. The number of hydrogen-bond acceptors (Lipinski definition) is 4. The minimum atomic E-state index is -0.402. The molecule has 0 atom stereocenters. The van der Waals surface area contributed by atoms with E-state index in [9.17, 15) is 9.59 Å². The molecule has 2 aromatic rings. The predicted octanol–water partition coefficient (Wildman–Crippen LogP) is 3.34. The van der Waals surface area contributed by atoms with E-state index < -0.39 is 11.8 Å². The second-order valence-electron chi connectivity index (χ2n) is 5.59. The molecule has 0 spiro atoms. The van der Waals surface area contributed by atoms with Crippen LogP contribution in [0.1, 0.15) is 47.4 Å². The van der Waals surface area contributed by atoms with Gasteiger partial charge in [0.05, 0.1) is 13.2 Å². The van der Waals surface area contributed by atoms with Crippen LogP contribution >= 0.6 is 0 Å². The molecule has 0 aliphatic rings. The van der Waals surface area contributed by atoms with E-state index in [0.29, 0.717) is 35.8 Å². The lowest BCUT2D eigenvalue weighted by Gasteiger charge is -2.09. The van der Waals surface area contributed by atoms with E-state index in [1.165, 1.54) is 0 Å². The van der Waals surface area contributed by atoms with E-state index in [4.69, 9.17) is 9.47 Å². The van der Waals surface area contributed by atoms with Gasteiger partial charge in [-0.05, 0) is 61.9 Å². The third-order valence-corrected chi connectivity index (χ3v) is 3.60. The van der Waals surface area contributed by atoms with Crippen LogP contribution in [0.25, 0.3) is 0 Å². The normalized spacial score (nSPS) is 10.1. The smallest absolute Gasteiger partial charge is 0.269 e. The minimum absolute atomic E-state index is 0.399. The molecule has 0 aromatic heterocycles. The van der Waals surface area contributed by atoms with Crippen LogP contribution in [0.2, 0.25) is 0 Å². The molecule has 6 heteroatoms. The van der Waals surface area contributed by atoms with E-state index in [1.54, 1.807) is 48.5 Å². The Kier molecular flexibility index (Phi) is 7.49. The van der Waals surface area contributed by atoms with Crippen molar-refractivity contribution in [1.29, 1.82) is 0 Å². The summed E-state index contributed by atoms with van der Waals surface area (Å²) in [6, 6.07) is 13.5. The molecule has 6 nitrogen and oxygen atoms in total. The van der Waals surface area contributed by atoms with E-state index in [-0.39, 0.29) is 0 Å². The van der Waals surface area contributed by atoms with Crippen molar-refractivity contribution in [3.63, 3.8) is 0 Å². The number of carbonyl (C=O) groups is 2. The van der Waals surface area contributed by atoms with Crippen molar-refractivity contribution in [2.45, 2.75) is 26.7 Å². The van der Waals surface area contributed by atoms with Gasteiger partial charge in [0.15, 0.2) is 0 Å². The molecule has 2 rings (SSSR count). The quantitative estimate of drug-likeness (QED) is 0.562. The average molecular weight is 356 g/mol. The number of nitrogens with one attached hydrogen (secondary N) is 2. The molecule has 0 unspecified atom stereocenters. The average Bonchev–Trinajstić information content (AvgIpc) is 2.67. The van der Waals surface area contributed by atoms with Crippen molar-refractivity contribution >= 4 is 11.8 Å². The van der Waals surface area contributed by atoms with Gasteiger partial charge in [0, 0.05) is 11.1 Å². The highest BCUT2D eigenvalue weighted by atomic mass is 16.5. The molecule has 138 valence electrons. The summed E-state index contributed by atoms with van der Waals surface area (Å²) in [4.78, 5) is 24.2. The van der Waals surface area contributed by atoms with Crippen molar-refractivity contribution in [2.75, 3.05) is 13.2 Å². The molecule has 0 heterocycles. The van der Waals surface area contributed by atoms with Gasteiger partial charge in [0.1, 0.15) is 11.5 Å². The molecule has 0 saturated carbocycles. The highest BCUT2D eigenvalue weighted by Gasteiger charge is 2.09. The lowest BCUT2D eigenvalue weighted by atomic mass is 10.2. The lowest BCUT2D eigenvalue weighted by Crippen LogP contribution is -2.41. The Morgan fingerprint density at radius 3 is 1.65 bits per heavy atom. The zero-order valence-electron chi connectivity index (χ0n) is 15.1. The maximum absolute atomic E-state index is 12.1. The largest absolute Gasteiger partial charge is 0.494 e. The highest BCUT2D eigenvalue weighted by Crippen LogP contribution is 2.13. The maximum Gasteiger partial charge on any atom is 0.269 e. The fourth-order valence-corrected chi connectivity index (χ4v) is 2.16. The van der Waals surface area contributed by atoms with Crippen LogP contribution in [0.5, 0.6) is 11.5 Å². The van der Waals surface area contributed by atoms with Gasteiger partial charge in [-0.15, -0.1) is 0 Å². The van der Waals surface area contributed by atoms with Gasteiger partial charge in [-0.1, -0.05) is 13.3 Å². The van der Waals surface area contributed by atoms with Crippen LogP contribution in [0.15, 0.2) is 48.5 Å². The van der Waals surface area contributed by atoms with Gasteiger partial charge in [-0.2, -0.15) is 0 Å². The van der Waals surface area contributed by atoms with Gasteiger partial charge in [-0.25, -0.2) is 0 Å². The van der Waals surface area contributed by atoms with Crippen LogP contribution in [-0.2, 0) is 0 Å². The zero-order valence-corrected chi connectivity index (χ0v) is 15.1. The molecular formula is C20H24N2O4. The van der Waals surface area contributed by atoms with Gasteiger partial charge >= 0.3 is 0 Å². The molecule has 0 fully saturated rings. The second-order valence-corrected chi connectivity index (χ2v) is 5.59. The lowest BCUT2D eigenvalue weighted by molar-refractivity contribution is 0.0846. The Morgan fingerprint density at radius 2 is 1.23 bits per heavy atom. The monoisotopic (exact) mass is 356 g/mol. The van der Waals surface area contributed by atoms with Gasteiger partial charge in [-0.3, -0.25) is 20.4 Å². The Labute approximate surface area is 153 Å². The first-order chi connectivity index (χ1) is 12.6. The summed E-state index contributed by atoms with van der Waals surface area (Å²) >= 11 is 0. The number of unbranched alkanes of at least 4 members (excludes halogenated alkanes) is 1. The summed E-state index contributed by atoms with van der Waals surface area (Å²) in [5.74, 6) is 0.605. The van der Waals surface area contributed by atoms with Crippen LogP contribution in [0.4, 0.5) is 0 Å². The van der Waals surface area contributed by atoms with Crippen molar-refractivity contribution in [3.05, 3.63) is 59.7 Å². The highest BCUT2D eigenvalue weighted by molar-refractivity contribution is 5.99. The number of hydrazine groups is 1. The van der Waals surface area contributed by atoms with E-state index in [1.807, 2.05) is 6.92 Å². The number of carbonyl (C=O) groups excluding carboxylic acids is 2. The number of benzene rings is 2. The molecular weight excluding hydrogens is 332 g/mol. The molecule has 0 aliphatic heterocycles. The Bertz CT molecular complexity index is 712. The Hall–Kier alpha value is -3.02. The summed E-state index contributed by atoms with van der Waals surface area (Å²) in [5, 5.41) is 0. The minimum Gasteiger partial charge on any atom is -0.494 e. The molecule has 0 bridgehead atoms.